The van der Waals surface area contributed by atoms with Gasteiger partial charge in [0.1, 0.15) is 5.75 Å². The lowest BCUT2D eigenvalue weighted by Gasteiger charge is -2.17. The monoisotopic (exact) mass is 253 g/mol. The Hall–Kier alpha value is -0.670. The molecule has 0 amide bonds. The lowest BCUT2D eigenvalue weighted by Crippen LogP contribution is -2.22. The number of thioether (sulfide) groups is 1. The summed E-state index contributed by atoms with van der Waals surface area (Å²) in [7, 11) is 0. The van der Waals surface area contributed by atoms with E-state index in [0.717, 1.165) is 13.0 Å². The third-order valence-corrected chi connectivity index (χ3v) is 3.75. The Morgan fingerprint density at radius 2 is 1.94 bits per heavy atom. The highest BCUT2D eigenvalue weighted by molar-refractivity contribution is 7.99. The first-order chi connectivity index (χ1) is 8.27. The van der Waals surface area contributed by atoms with Crippen molar-refractivity contribution in [1.82, 2.24) is 5.32 Å². The third kappa shape index (κ3) is 5.46. The molecule has 1 rings (SSSR count). The molecule has 96 valence electrons. The minimum Gasteiger partial charge on any atom is -0.508 e. The summed E-state index contributed by atoms with van der Waals surface area (Å²) < 4.78 is 0. The minimum absolute atomic E-state index is 0.336. The van der Waals surface area contributed by atoms with Gasteiger partial charge in [0.05, 0.1) is 0 Å². The number of hydrogen-bond acceptors (Lipinski definition) is 3. The molecular weight excluding hydrogens is 230 g/mol. The molecule has 0 heterocycles. The fourth-order valence-corrected chi connectivity index (χ4v) is 2.44. The molecule has 0 bridgehead atoms. The van der Waals surface area contributed by atoms with Gasteiger partial charge in [-0.25, -0.2) is 0 Å². The number of aromatic hydroxyl groups is 1. The average Bonchev–Trinajstić information content (AvgIpc) is 2.35. The van der Waals surface area contributed by atoms with Gasteiger partial charge in [-0.1, -0.05) is 26.0 Å². The van der Waals surface area contributed by atoms with Crippen LogP contribution in [0.25, 0.3) is 0 Å². The van der Waals surface area contributed by atoms with Gasteiger partial charge in [0.25, 0.3) is 0 Å². The maximum atomic E-state index is 9.26. The molecule has 1 unspecified atom stereocenters. The highest BCUT2D eigenvalue weighted by atomic mass is 32.2. The summed E-state index contributed by atoms with van der Waals surface area (Å²) in [6, 6.07) is 7.91. The van der Waals surface area contributed by atoms with E-state index in [0.29, 0.717) is 11.8 Å². The van der Waals surface area contributed by atoms with E-state index in [2.05, 4.69) is 19.2 Å². The van der Waals surface area contributed by atoms with Crippen LogP contribution in [0.15, 0.2) is 24.3 Å². The van der Waals surface area contributed by atoms with Crippen LogP contribution in [-0.4, -0.2) is 23.2 Å². The van der Waals surface area contributed by atoms with Crippen molar-refractivity contribution in [2.24, 2.45) is 0 Å². The van der Waals surface area contributed by atoms with Crippen LogP contribution in [-0.2, 0) is 0 Å². The number of hydrogen-bond donors (Lipinski definition) is 2. The third-order valence-electron chi connectivity index (χ3n) is 2.76. The number of benzene rings is 1. The molecule has 1 aromatic carbocycles. The molecule has 0 spiro atoms. The molecule has 0 fully saturated rings. The standard InChI is InChI=1S/C14H23NOS/c1-3-14(15-10-5-11-17-4-2)12-6-8-13(16)9-7-12/h6-9,14-16H,3-5,10-11H2,1-2H3. The molecule has 0 aliphatic rings. The number of rotatable bonds is 8. The zero-order chi connectivity index (χ0) is 12.5. The molecule has 1 aromatic rings. The highest BCUT2D eigenvalue weighted by Gasteiger charge is 2.07. The summed E-state index contributed by atoms with van der Waals surface area (Å²) in [6.45, 7) is 5.45. The molecule has 0 aromatic heterocycles. The first kappa shape index (κ1) is 14.4. The zero-order valence-electron chi connectivity index (χ0n) is 10.8. The predicted molar refractivity (Wildman–Crippen MR) is 76.8 cm³/mol. The second-order valence-electron chi connectivity index (χ2n) is 4.06. The fourth-order valence-electron chi connectivity index (χ4n) is 1.80. The van der Waals surface area contributed by atoms with Crippen molar-refractivity contribution in [1.29, 1.82) is 0 Å². The van der Waals surface area contributed by atoms with Gasteiger partial charge in [0, 0.05) is 6.04 Å². The second kappa shape index (κ2) is 8.43. The van der Waals surface area contributed by atoms with Gasteiger partial charge in [-0.3, -0.25) is 0 Å². The van der Waals surface area contributed by atoms with Crippen LogP contribution >= 0.6 is 11.8 Å². The molecule has 0 radical (unpaired) electrons. The number of phenols is 1. The Bertz CT molecular complexity index is 300. The molecule has 1 atom stereocenters. The first-order valence-corrected chi connectivity index (χ1v) is 7.53. The van der Waals surface area contributed by atoms with Crippen molar-refractivity contribution >= 4 is 11.8 Å². The van der Waals surface area contributed by atoms with E-state index in [9.17, 15) is 5.11 Å². The maximum absolute atomic E-state index is 9.26. The van der Waals surface area contributed by atoms with Gasteiger partial charge in [-0.2, -0.15) is 11.8 Å². The van der Waals surface area contributed by atoms with Gasteiger partial charge < -0.3 is 10.4 Å². The van der Waals surface area contributed by atoms with E-state index < -0.39 is 0 Å². The van der Waals surface area contributed by atoms with E-state index in [1.165, 1.54) is 23.5 Å². The Morgan fingerprint density at radius 3 is 2.53 bits per heavy atom. The normalized spacial score (nSPS) is 12.6. The first-order valence-electron chi connectivity index (χ1n) is 6.38. The van der Waals surface area contributed by atoms with E-state index >= 15 is 0 Å². The smallest absolute Gasteiger partial charge is 0.115 e. The highest BCUT2D eigenvalue weighted by Crippen LogP contribution is 2.19. The van der Waals surface area contributed by atoms with Crippen molar-refractivity contribution in [3.63, 3.8) is 0 Å². The summed E-state index contributed by atoms with van der Waals surface area (Å²) in [4.78, 5) is 0. The van der Waals surface area contributed by atoms with Gasteiger partial charge >= 0.3 is 0 Å². The van der Waals surface area contributed by atoms with Crippen molar-refractivity contribution in [3.05, 3.63) is 29.8 Å². The summed E-state index contributed by atoms with van der Waals surface area (Å²) >= 11 is 1.99. The van der Waals surface area contributed by atoms with Crippen molar-refractivity contribution in [3.8, 4) is 5.75 Å². The van der Waals surface area contributed by atoms with Gasteiger partial charge in [-0.05, 0) is 48.6 Å². The Kier molecular flexibility index (Phi) is 7.13. The van der Waals surface area contributed by atoms with Gasteiger partial charge in [0.15, 0.2) is 0 Å². The summed E-state index contributed by atoms with van der Waals surface area (Å²) in [5, 5.41) is 12.8. The van der Waals surface area contributed by atoms with Gasteiger partial charge in [0.2, 0.25) is 0 Å². The molecule has 2 N–H and O–H groups in total. The van der Waals surface area contributed by atoms with Crippen LogP contribution in [0.5, 0.6) is 5.75 Å². The molecule has 0 aliphatic heterocycles. The van der Waals surface area contributed by atoms with E-state index in [1.807, 2.05) is 23.9 Å². The molecule has 0 aliphatic carbocycles. The lowest BCUT2D eigenvalue weighted by molar-refractivity contribution is 0.473. The van der Waals surface area contributed by atoms with Crippen molar-refractivity contribution < 1.29 is 5.11 Å². The van der Waals surface area contributed by atoms with Crippen LogP contribution in [0.3, 0.4) is 0 Å². The second-order valence-corrected chi connectivity index (χ2v) is 5.45. The Balaban J connectivity index is 2.35. The van der Waals surface area contributed by atoms with Crippen LogP contribution in [0, 0.1) is 0 Å². The van der Waals surface area contributed by atoms with Crippen molar-refractivity contribution in [2.45, 2.75) is 32.7 Å². The Labute approximate surface area is 109 Å². The predicted octanol–water partition coefficient (Wildman–Crippen LogP) is 3.58. The number of nitrogens with one attached hydrogen (secondary N) is 1. The minimum atomic E-state index is 0.336. The zero-order valence-corrected chi connectivity index (χ0v) is 11.6. The van der Waals surface area contributed by atoms with E-state index in [-0.39, 0.29) is 0 Å². The van der Waals surface area contributed by atoms with Crippen LogP contribution in [0.4, 0.5) is 0 Å². The van der Waals surface area contributed by atoms with E-state index in [4.69, 9.17) is 0 Å². The van der Waals surface area contributed by atoms with Crippen molar-refractivity contribution in [2.75, 3.05) is 18.1 Å². The average molecular weight is 253 g/mol. The van der Waals surface area contributed by atoms with E-state index in [1.54, 1.807) is 12.1 Å². The lowest BCUT2D eigenvalue weighted by atomic mass is 10.0. The quantitative estimate of drug-likeness (QED) is 0.695. The topological polar surface area (TPSA) is 32.3 Å². The molecule has 2 nitrogen and oxygen atoms in total. The molecule has 17 heavy (non-hydrogen) atoms. The van der Waals surface area contributed by atoms with Crippen LogP contribution < -0.4 is 5.32 Å². The maximum Gasteiger partial charge on any atom is 0.115 e. The van der Waals surface area contributed by atoms with Crippen LogP contribution in [0.1, 0.15) is 38.3 Å². The molecule has 3 heteroatoms. The fraction of sp³-hybridized carbons (Fsp3) is 0.571. The summed E-state index contributed by atoms with van der Waals surface area (Å²) in [5.74, 6) is 2.77. The molecular formula is C14H23NOS. The Morgan fingerprint density at radius 1 is 1.24 bits per heavy atom. The molecule has 0 saturated heterocycles. The SMILES string of the molecule is CCSCCCNC(CC)c1ccc(O)cc1. The van der Waals surface area contributed by atoms with Gasteiger partial charge in [-0.15, -0.1) is 0 Å². The largest absolute Gasteiger partial charge is 0.508 e. The summed E-state index contributed by atoms with van der Waals surface area (Å²) in [5.41, 5.74) is 1.26. The van der Waals surface area contributed by atoms with Crippen LogP contribution in [0.2, 0.25) is 0 Å². The number of phenolic OH excluding ortho intramolecular Hbond substituents is 1. The summed E-state index contributed by atoms with van der Waals surface area (Å²) in [6.07, 6.45) is 2.29. The molecule has 0 saturated carbocycles.